The number of benzene rings is 3. The van der Waals surface area contributed by atoms with Crippen LogP contribution in [-0.4, -0.2) is 23.2 Å². The molecule has 1 aromatic heterocycles. The lowest BCUT2D eigenvalue weighted by atomic mass is 10.0. The Bertz CT molecular complexity index is 1430. The van der Waals surface area contributed by atoms with E-state index in [9.17, 15) is 8.42 Å². The Morgan fingerprint density at radius 3 is 2.36 bits per heavy atom. The summed E-state index contributed by atoms with van der Waals surface area (Å²) in [5.41, 5.74) is 3.74. The number of hydrogen-bond acceptors (Lipinski definition) is 5. The Morgan fingerprint density at radius 2 is 1.67 bits per heavy atom. The molecule has 0 radical (unpaired) electrons. The number of fused-ring (bicyclic) bond motifs is 1. The molecule has 0 aliphatic carbocycles. The molecule has 0 bridgehead atoms. The molecule has 2 heterocycles. The molecular weight excluding hydrogens is 458 g/mol. The molecule has 7 nitrogen and oxygen atoms in total. The zero-order valence-corrected chi connectivity index (χ0v) is 19.2. The fraction of sp³-hybridized carbons (Fsp3) is 0.0833. The molecule has 1 atom stereocenters. The molecule has 5 rings (SSSR count). The predicted molar refractivity (Wildman–Crippen MR) is 130 cm³/mol. The van der Waals surface area contributed by atoms with Crippen molar-refractivity contribution in [2.24, 2.45) is 0 Å². The third-order valence-corrected chi connectivity index (χ3v) is 6.92. The molecule has 3 aromatic carbocycles. The van der Waals surface area contributed by atoms with Crippen LogP contribution in [0.15, 0.2) is 89.8 Å². The van der Waals surface area contributed by atoms with Gasteiger partial charge in [-0.3, -0.25) is 0 Å². The van der Waals surface area contributed by atoms with Gasteiger partial charge in [0.25, 0.3) is 16.0 Å². The van der Waals surface area contributed by atoms with Gasteiger partial charge in [0, 0.05) is 10.7 Å². The normalized spacial score (nSPS) is 15.3. The number of nitrogens with one attached hydrogen (secondary N) is 2. The first-order chi connectivity index (χ1) is 15.9. The second kappa shape index (κ2) is 8.38. The number of sulfonamides is 1. The number of nitrogens with zero attached hydrogens (tertiary/aromatic N) is 3. The van der Waals surface area contributed by atoms with Crippen molar-refractivity contribution in [1.82, 2.24) is 14.8 Å². The predicted octanol–water partition coefficient (Wildman–Crippen LogP) is 5.10. The number of anilines is 2. The average Bonchev–Trinajstić information content (AvgIpc) is 3.21. The van der Waals surface area contributed by atoms with E-state index in [0.29, 0.717) is 11.0 Å². The van der Waals surface area contributed by atoms with Crippen LogP contribution in [0.25, 0.3) is 5.70 Å². The maximum absolute atomic E-state index is 12.9. The molecule has 33 heavy (non-hydrogen) atoms. The number of aryl methyl sites for hydroxylation is 1. The quantitative estimate of drug-likeness (QED) is 0.417. The Kier molecular flexibility index (Phi) is 5.39. The van der Waals surface area contributed by atoms with Crippen molar-refractivity contribution in [3.63, 3.8) is 0 Å². The average molecular weight is 478 g/mol. The second-order valence-electron chi connectivity index (χ2n) is 7.69. The molecule has 9 heteroatoms. The Morgan fingerprint density at radius 1 is 0.970 bits per heavy atom. The molecule has 2 N–H and O–H groups in total. The van der Waals surface area contributed by atoms with Gasteiger partial charge in [-0.15, -0.1) is 5.10 Å². The molecule has 4 aromatic rings. The summed E-state index contributed by atoms with van der Waals surface area (Å²) in [6.45, 7) is 1.90. The minimum atomic E-state index is -3.83. The highest BCUT2D eigenvalue weighted by Crippen LogP contribution is 2.33. The van der Waals surface area contributed by atoms with Crippen molar-refractivity contribution in [3.8, 4) is 0 Å². The van der Waals surface area contributed by atoms with E-state index in [2.05, 4.69) is 20.1 Å². The van der Waals surface area contributed by atoms with Crippen molar-refractivity contribution < 1.29 is 8.42 Å². The van der Waals surface area contributed by atoms with Crippen LogP contribution in [-0.2, 0) is 10.0 Å². The van der Waals surface area contributed by atoms with Crippen LogP contribution in [0.5, 0.6) is 0 Å². The topological polar surface area (TPSA) is 88.9 Å². The number of hydrogen-bond donors (Lipinski definition) is 2. The van der Waals surface area contributed by atoms with Gasteiger partial charge < -0.3 is 5.32 Å². The lowest BCUT2D eigenvalue weighted by Crippen LogP contribution is -2.20. The summed E-state index contributed by atoms with van der Waals surface area (Å²) in [7, 11) is -3.83. The fourth-order valence-electron chi connectivity index (χ4n) is 3.62. The highest BCUT2D eigenvalue weighted by molar-refractivity contribution is 7.92. The molecule has 166 valence electrons. The molecule has 0 fully saturated rings. The van der Waals surface area contributed by atoms with E-state index in [0.717, 1.165) is 22.4 Å². The van der Waals surface area contributed by atoms with E-state index in [4.69, 9.17) is 11.6 Å². The van der Waals surface area contributed by atoms with Crippen LogP contribution in [0.4, 0.5) is 11.9 Å². The molecule has 1 aliphatic heterocycles. The van der Waals surface area contributed by atoms with E-state index in [-0.39, 0.29) is 16.9 Å². The van der Waals surface area contributed by atoms with Crippen LogP contribution < -0.4 is 10.0 Å². The third-order valence-electron chi connectivity index (χ3n) is 5.32. The van der Waals surface area contributed by atoms with Gasteiger partial charge in [0.1, 0.15) is 6.04 Å². The van der Waals surface area contributed by atoms with Crippen LogP contribution >= 0.6 is 11.6 Å². The Hall–Kier alpha value is -3.62. The number of rotatable bonds is 5. The second-order valence-corrected chi connectivity index (χ2v) is 9.81. The minimum absolute atomic E-state index is 0.0141. The molecule has 0 spiro atoms. The first-order valence-corrected chi connectivity index (χ1v) is 12.1. The van der Waals surface area contributed by atoms with Gasteiger partial charge in [0.05, 0.1) is 4.90 Å². The summed E-state index contributed by atoms with van der Waals surface area (Å²) >= 11 is 6.08. The van der Waals surface area contributed by atoms with Gasteiger partial charge in [-0.1, -0.05) is 71.8 Å². The van der Waals surface area contributed by atoms with E-state index in [1.807, 2.05) is 67.6 Å². The maximum atomic E-state index is 12.9. The number of aromatic nitrogens is 3. The van der Waals surface area contributed by atoms with Crippen molar-refractivity contribution in [2.45, 2.75) is 17.9 Å². The summed E-state index contributed by atoms with van der Waals surface area (Å²) in [6.07, 6.45) is 2.03. The molecular formula is C24H20ClN5O2S. The van der Waals surface area contributed by atoms with E-state index >= 15 is 0 Å². The lowest BCUT2D eigenvalue weighted by molar-refractivity contribution is 0.598. The summed E-state index contributed by atoms with van der Waals surface area (Å²) in [5, 5.41) is 8.36. The minimum Gasteiger partial charge on any atom is -0.324 e. The van der Waals surface area contributed by atoms with Gasteiger partial charge in [-0.25, -0.2) is 17.8 Å². The molecule has 0 saturated carbocycles. The zero-order valence-electron chi connectivity index (χ0n) is 17.6. The molecule has 1 unspecified atom stereocenters. The van der Waals surface area contributed by atoms with Gasteiger partial charge in [-0.05, 0) is 48.4 Å². The summed E-state index contributed by atoms with van der Waals surface area (Å²) in [5.74, 6) is 0.414. The van der Waals surface area contributed by atoms with Crippen molar-refractivity contribution in [2.75, 3.05) is 10.0 Å². The van der Waals surface area contributed by atoms with Gasteiger partial charge in [-0.2, -0.15) is 4.98 Å². The lowest BCUT2D eigenvalue weighted by Gasteiger charge is -2.24. The Labute approximate surface area is 196 Å². The van der Waals surface area contributed by atoms with Crippen molar-refractivity contribution in [1.29, 1.82) is 0 Å². The SMILES string of the molecule is Cc1ccc(S(=O)(=O)Nc2nc3n(n2)C(c2ccc(Cl)cc2)C=C(c2ccccc2)N3)cc1. The van der Waals surface area contributed by atoms with Gasteiger partial charge in [0.15, 0.2) is 0 Å². The van der Waals surface area contributed by atoms with Gasteiger partial charge in [0.2, 0.25) is 5.95 Å². The van der Waals surface area contributed by atoms with Crippen LogP contribution in [0.1, 0.15) is 22.7 Å². The number of allylic oxidation sites excluding steroid dienone is 1. The standard InChI is InChI=1S/C24H20ClN5O2S/c1-16-7-13-20(14-8-16)33(31,32)29-23-27-24-26-21(17-5-3-2-4-6-17)15-22(30(24)28-23)18-9-11-19(25)12-10-18/h2-15,22H,1H3,(H2,26,27,28,29). The monoisotopic (exact) mass is 477 g/mol. The molecule has 0 saturated heterocycles. The van der Waals surface area contributed by atoms with Crippen molar-refractivity contribution >= 4 is 39.2 Å². The maximum Gasteiger partial charge on any atom is 0.264 e. The third kappa shape index (κ3) is 4.35. The first kappa shape index (κ1) is 21.2. The van der Waals surface area contributed by atoms with Crippen LogP contribution in [0, 0.1) is 6.92 Å². The summed E-state index contributed by atoms with van der Waals surface area (Å²) in [6, 6.07) is 23.6. The molecule has 1 aliphatic rings. The van der Waals surface area contributed by atoms with E-state index in [1.54, 1.807) is 28.9 Å². The number of halogens is 1. The molecule has 0 amide bonds. The first-order valence-electron chi connectivity index (χ1n) is 10.2. The van der Waals surface area contributed by atoms with E-state index in [1.165, 1.54) is 0 Å². The smallest absolute Gasteiger partial charge is 0.264 e. The zero-order chi connectivity index (χ0) is 23.0. The summed E-state index contributed by atoms with van der Waals surface area (Å²) < 4.78 is 29.9. The van der Waals surface area contributed by atoms with Crippen molar-refractivity contribution in [3.05, 3.63) is 107 Å². The largest absolute Gasteiger partial charge is 0.324 e. The van der Waals surface area contributed by atoms with E-state index < -0.39 is 10.0 Å². The van der Waals surface area contributed by atoms with Crippen LogP contribution in [0.3, 0.4) is 0 Å². The summed E-state index contributed by atoms with van der Waals surface area (Å²) in [4.78, 5) is 4.58. The van der Waals surface area contributed by atoms with Gasteiger partial charge >= 0.3 is 0 Å². The highest BCUT2D eigenvalue weighted by atomic mass is 35.5. The Balaban J connectivity index is 1.53. The highest BCUT2D eigenvalue weighted by Gasteiger charge is 2.27. The van der Waals surface area contributed by atoms with Crippen LogP contribution in [0.2, 0.25) is 5.02 Å². The fourth-order valence-corrected chi connectivity index (χ4v) is 4.68.